The molecule has 2 N–H and O–H groups in total. The molecule has 0 aliphatic rings. The summed E-state index contributed by atoms with van der Waals surface area (Å²) in [4.78, 5) is 28.2. The number of aromatic nitrogens is 1. The molecular formula is C20H16N2O2S. The van der Waals surface area contributed by atoms with E-state index in [0.29, 0.717) is 16.8 Å². The van der Waals surface area contributed by atoms with Gasteiger partial charge in [-0.2, -0.15) is 0 Å². The Morgan fingerprint density at radius 2 is 1.84 bits per heavy atom. The molecule has 4 aromatic rings. The van der Waals surface area contributed by atoms with Gasteiger partial charge >= 0.3 is 0 Å². The Labute approximate surface area is 148 Å². The molecule has 0 atom stereocenters. The van der Waals surface area contributed by atoms with Gasteiger partial charge in [0.15, 0.2) is 0 Å². The van der Waals surface area contributed by atoms with Gasteiger partial charge in [0.2, 0.25) is 0 Å². The Balaban J connectivity index is 1.66. The van der Waals surface area contributed by atoms with Gasteiger partial charge in [-0.25, -0.2) is 0 Å². The van der Waals surface area contributed by atoms with Crippen LogP contribution in [0.1, 0.15) is 20.8 Å². The number of carbonyl (C=O) groups excluding carboxylic acids is 1. The summed E-state index contributed by atoms with van der Waals surface area (Å²) in [5.74, 6) is -0.162. The zero-order valence-corrected chi connectivity index (χ0v) is 14.4. The van der Waals surface area contributed by atoms with Crippen LogP contribution < -0.4 is 10.9 Å². The fourth-order valence-electron chi connectivity index (χ4n) is 2.83. The summed E-state index contributed by atoms with van der Waals surface area (Å²) in [5.41, 5.74) is 2.85. The highest BCUT2D eigenvalue weighted by molar-refractivity contribution is 7.21. The maximum atomic E-state index is 12.5. The molecule has 0 bridgehead atoms. The van der Waals surface area contributed by atoms with Crippen molar-refractivity contribution in [3.8, 4) is 0 Å². The summed E-state index contributed by atoms with van der Waals surface area (Å²) in [6, 6.07) is 17.3. The fraction of sp³-hybridized carbons (Fsp3) is 0.100. The van der Waals surface area contributed by atoms with E-state index in [-0.39, 0.29) is 11.5 Å². The van der Waals surface area contributed by atoms with Gasteiger partial charge in [-0.3, -0.25) is 9.59 Å². The predicted molar refractivity (Wildman–Crippen MR) is 102 cm³/mol. The number of pyridine rings is 1. The van der Waals surface area contributed by atoms with Gasteiger partial charge in [0.25, 0.3) is 11.5 Å². The maximum Gasteiger partial charge on any atom is 0.261 e. The number of thiophene rings is 1. The number of benzene rings is 2. The van der Waals surface area contributed by atoms with E-state index < -0.39 is 0 Å². The Morgan fingerprint density at radius 1 is 1.08 bits per heavy atom. The summed E-state index contributed by atoms with van der Waals surface area (Å²) >= 11 is 1.35. The highest BCUT2D eigenvalue weighted by Crippen LogP contribution is 2.29. The number of rotatable bonds is 3. The molecule has 124 valence electrons. The molecule has 4 rings (SSSR count). The quantitative estimate of drug-likeness (QED) is 0.588. The minimum Gasteiger partial charge on any atom is -0.347 e. The first-order valence-electron chi connectivity index (χ1n) is 8.00. The Hall–Kier alpha value is -2.92. The maximum absolute atomic E-state index is 12.5. The number of fused-ring (bicyclic) bond motifs is 3. The normalized spacial score (nSPS) is 11.1. The van der Waals surface area contributed by atoms with E-state index in [1.165, 1.54) is 16.9 Å². The highest BCUT2D eigenvalue weighted by atomic mass is 32.1. The van der Waals surface area contributed by atoms with Gasteiger partial charge in [0.1, 0.15) is 0 Å². The minimum atomic E-state index is -0.164. The third-order valence-corrected chi connectivity index (χ3v) is 5.36. The van der Waals surface area contributed by atoms with Crippen LogP contribution in [0.25, 0.3) is 21.0 Å². The van der Waals surface area contributed by atoms with Crippen molar-refractivity contribution in [3.05, 3.63) is 81.0 Å². The molecule has 0 radical (unpaired) electrons. The molecule has 1 amide bonds. The van der Waals surface area contributed by atoms with Crippen LogP contribution in [0.3, 0.4) is 0 Å². The van der Waals surface area contributed by atoms with E-state index in [1.54, 1.807) is 6.07 Å². The molecule has 5 heteroatoms. The van der Waals surface area contributed by atoms with Crippen LogP contribution in [0.4, 0.5) is 0 Å². The number of aryl methyl sites for hydroxylation is 1. The van der Waals surface area contributed by atoms with Gasteiger partial charge in [0.05, 0.1) is 10.3 Å². The Kier molecular flexibility index (Phi) is 3.86. The summed E-state index contributed by atoms with van der Waals surface area (Å²) in [6.45, 7) is 2.49. The van der Waals surface area contributed by atoms with Gasteiger partial charge < -0.3 is 10.3 Å². The SMILES string of the molecule is Cc1ccc(CNC(=O)c2cc3c(=O)[nH]c4ccccc4c3s2)cc1. The first kappa shape index (κ1) is 15.6. The van der Waals surface area contributed by atoms with Crippen LogP contribution in [0.2, 0.25) is 0 Å². The number of para-hydroxylation sites is 1. The smallest absolute Gasteiger partial charge is 0.261 e. The van der Waals surface area contributed by atoms with Crippen LogP contribution in [-0.4, -0.2) is 10.9 Å². The predicted octanol–water partition coefficient (Wildman–Crippen LogP) is 3.98. The third-order valence-electron chi connectivity index (χ3n) is 4.19. The monoisotopic (exact) mass is 348 g/mol. The molecule has 25 heavy (non-hydrogen) atoms. The second-order valence-corrected chi connectivity index (χ2v) is 7.07. The molecule has 0 spiro atoms. The molecule has 2 aromatic carbocycles. The number of H-pyrrole nitrogens is 1. The second kappa shape index (κ2) is 6.18. The summed E-state index contributed by atoms with van der Waals surface area (Å²) in [7, 11) is 0. The minimum absolute atomic E-state index is 0.162. The average molecular weight is 348 g/mol. The number of aromatic amines is 1. The first-order valence-corrected chi connectivity index (χ1v) is 8.82. The first-order chi connectivity index (χ1) is 12.1. The Morgan fingerprint density at radius 3 is 2.64 bits per heavy atom. The molecule has 0 aliphatic heterocycles. The van der Waals surface area contributed by atoms with Crippen molar-refractivity contribution in [1.29, 1.82) is 0 Å². The van der Waals surface area contributed by atoms with Crippen LogP contribution in [-0.2, 0) is 6.54 Å². The van der Waals surface area contributed by atoms with E-state index in [4.69, 9.17) is 0 Å². The van der Waals surface area contributed by atoms with E-state index in [0.717, 1.165) is 21.2 Å². The van der Waals surface area contributed by atoms with Crippen molar-refractivity contribution < 1.29 is 4.79 Å². The van der Waals surface area contributed by atoms with Crippen LogP contribution in [0.5, 0.6) is 0 Å². The molecule has 2 aromatic heterocycles. The van der Waals surface area contributed by atoms with Crippen LogP contribution >= 0.6 is 11.3 Å². The molecule has 0 saturated carbocycles. The van der Waals surface area contributed by atoms with Crippen molar-refractivity contribution in [2.45, 2.75) is 13.5 Å². The van der Waals surface area contributed by atoms with Crippen LogP contribution in [0.15, 0.2) is 59.4 Å². The highest BCUT2D eigenvalue weighted by Gasteiger charge is 2.14. The van der Waals surface area contributed by atoms with E-state index >= 15 is 0 Å². The van der Waals surface area contributed by atoms with Crippen molar-refractivity contribution in [2.75, 3.05) is 0 Å². The lowest BCUT2D eigenvalue weighted by atomic mass is 10.1. The lowest BCUT2D eigenvalue weighted by molar-refractivity contribution is 0.0955. The van der Waals surface area contributed by atoms with Gasteiger partial charge in [-0.1, -0.05) is 48.0 Å². The third kappa shape index (κ3) is 2.94. The van der Waals surface area contributed by atoms with Gasteiger partial charge in [-0.15, -0.1) is 11.3 Å². The molecule has 4 nitrogen and oxygen atoms in total. The second-order valence-electron chi connectivity index (χ2n) is 6.02. The fourth-order valence-corrected chi connectivity index (χ4v) is 3.94. The standard InChI is InChI=1S/C20H16N2O2S/c1-12-6-8-13(9-7-12)11-21-20(24)17-10-15-18(25-17)14-4-2-3-5-16(14)22-19(15)23/h2-10H,11H2,1H3,(H,21,24)(H,22,23). The molecule has 0 saturated heterocycles. The van der Waals surface area contributed by atoms with E-state index in [9.17, 15) is 9.59 Å². The lowest BCUT2D eigenvalue weighted by Crippen LogP contribution is -2.21. The Bertz CT molecular complexity index is 1140. The number of amides is 1. The lowest BCUT2D eigenvalue weighted by Gasteiger charge is -2.04. The molecular weight excluding hydrogens is 332 g/mol. The van der Waals surface area contributed by atoms with Crippen molar-refractivity contribution in [2.24, 2.45) is 0 Å². The van der Waals surface area contributed by atoms with Crippen molar-refractivity contribution >= 4 is 38.2 Å². The van der Waals surface area contributed by atoms with Crippen LogP contribution in [0, 0.1) is 6.92 Å². The average Bonchev–Trinajstić information content (AvgIpc) is 3.07. The van der Waals surface area contributed by atoms with Crippen molar-refractivity contribution in [3.63, 3.8) is 0 Å². The summed E-state index contributed by atoms with van der Waals surface area (Å²) < 4.78 is 0.847. The molecule has 2 heterocycles. The summed E-state index contributed by atoms with van der Waals surface area (Å²) in [5, 5.41) is 4.44. The van der Waals surface area contributed by atoms with Crippen molar-refractivity contribution in [1.82, 2.24) is 10.3 Å². The topological polar surface area (TPSA) is 62.0 Å². The number of hydrogen-bond donors (Lipinski definition) is 2. The number of carbonyl (C=O) groups is 1. The zero-order valence-electron chi connectivity index (χ0n) is 13.6. The van der Waals surface area contributed by atoms with E-state index in [2.05, 4.69) is 10.3 Å². The molecule has 0 unspecified atom stereocenters. The molecule has 0 aliphatic carbocycles. The van der Waals surface area contributed by atoms with Gasteiger partial charge in [0, 0.05) is 22.1 Å². The van der Waals surface area contributed by atoms with Gasteiger partial charge in [-0.05, 0) is 24.6 Å². The summed E-state index contributed by atoms with van der Waals surface area (Å²) in [6.07, 6.45) is 0. The number of hydrogen-bond acceptors (Lipinski definition) is 3. The largest absolute Gasteiger partial charge is 0.347 e. The zero-order chi connectivity index (χ0) is 17.4. The number of nitrogens with one attached hydrogen (secondary N) is 2. The van der Waals surface area contributed by atoms with E-state index in [1.807, 2.05) is 55.5 Å². The molecule has 0 fully saturated rings.